The second kappa shape index (κ2) is 9.25. The second-order valence-corrected chi connectivity index (χ2v) is 6.86. The molecular formula is C23H21N3O6. The van der Waals surface area contributed by atoms with Gasteiger partial charge in [0.05, 0.1) is 27.0 Å². The molecular weight excluding hydrogens is 414 g/mol. The summed E-state index contributed by atoms with van der Waals surface area (Å²) >= 11 is 0. The Bertz CT molecular complexity index is 1140. The van der Waals surface area contributed by atoms with Crippen LogP contribution in [0.4, 0.5) is 10.5 Å². The van der Waals surface area contributed by atoms with E-state index in [-0.39, 0.29) is 24.8 Å². The molecule has 2 aromatic carbocycles. The van der Waals surface area contributed by atoms with Gasteiger partial charge in [0.25, 0.3) is 5.91 Å². The molecule has 3 aromatic rings. The van der Waals surface area contributed by atoms with E-state index in [4.69, 9.17) is 18.6 Å². The number of hydrazone groups is 1. The Morgan fingerprint density at radius 3 is 2.56 bits per heavy atom. The van der Waals surface area contributed by atoms with E-state index in [1.54, 1.807) is 62.8 Å². The fraction of sp³-hybridized carbons (Fsp3) is 0.174. The lowest BCUT2D eigenvalue weighted by Gasteiger charge is -2.24. The minimum atomic E-state index is -0.538. The molecule has 1 N–H and O–H groups in total. The number of nitrogens with one attached hydrogen (secondary N) is 1. The molecule has 32 heavy (non-hydrogen) atoms. The molecule has 0 atom stereocenters. The summed E-state index contributed by atoms with van der Waals surface area (Å²) in [5.74, 6) is 1.04. The quantitative estimate of drug-likeness (QED) is 0.604. The number of carbonyl (C=O) groups excluding carboxylic acids is 2. The van der Waals surface area contributed by atoms with Crippen molar-refractivity contribution in [2.75, 3.05) is 26.1 Å². The molecule has 1 aliphatic heterocycles. The monoisotopic (exact) mass is 435 g/mol. The van der Waals surface area contributed by atoms with E-state index in [1.807, 2.05) is 6.07 Å². The predicted octanol–water partition coefficient (Wildman–Crippen LogP) is 3.91. The Morgan fingerprint density at radius 2 is 1.88 bits per heavy atom. The van der Waals surface area contributed by atoms with Crippen LogP contribution in [0.3, 0.4) is 0 Å². The maximum atomic E-state index is 12.2. The van der Waals surface area contributed by atoms with Crippen molar-refractivity contribution in [3.8, 4) is 11.5 Å². The van der Waals surface area contributed by atoms with Gasteiger partial charge in [-0.25, -0.2) is 4.79 Å². The average molecular weight is 435 g/mol. The van der Waals surface area contributed by atoms with Crippen molar-refractivity contribution in [2.45, 2.75) is 6.54 Å². The van der Waals surface area contributed by atoms with E-state index < -0.39 is 6.09 Å². The molecule has 9 nitrogen and oxygen atoms in total. The zero-order valence-electron chi connectivity index (χ0n) is 17.5. The van der Waals surface area contributed by atoms with Crippen molar-refractivity contribution in [1.82, 2.24) is 5.01 Å². The molecule has 0 spiro atoms. The number of furan rings is 1. The van der Waals surface area contributed by atoms with Gasteiger partial charge < -0.3 is 23.9 Å². The standard InChI is InChI=1S/C23H21N3O6/c1-29-19-10-7-16(12-21(19)30-2)18-14-32-23(28)26(25-18)13-15-5-8-17(9-6-15)24-22(27)20-4-3-11-31-20/h3-12H,13-14H2,1-2H3,(H,24,27). The van der Waals surface area contributed by atoms with Gasteiger partial charge in [0.2, 0.25) is 0 Å². The number of amides is 2. The van der Waals surface area contributed by atoms with Crippen molar-refractivity contribution < 1.29 is 28.2 Å². The summed E-state index contributed by atoms with van der Waals surface area (Å²) in [6.45, 7) is 0.268. The minimum Gasteiger partial charge on any atom is -0.493 e. The Balaban J connectivity index is 1.47. The van der Waals surface area contributed by atoms with E-state index in [0.29, 0.717) is 22.9 Å². The molecule has 0 radical (unpaired) electrons. The van der Waals surface area contributed by atoms with Crippen LogP contribution in [-0.2, 0) is 11.3 Å². The number of carbonyl (C=O) groups is 2. The third kappa shape index (κ3) is 4.56. The minimum absolute atomic E-state index is 0.0581. The first-order valence-corrected chi connectivity index (χ1v) is 9.75. The van der Waals surface area contributed by atoms with Crippen LogP contribution in [0.5, 0.6) is 11.5 Å². The number of hydrogen-bond acceptors (Lipinski definition) is 7. The van der Waals surface area contributed by atoms with Crippen molar-refractivity contribution in [3.05, 3.63) is 77.7 Å². The molecule has 4 rings (SSSR count). The topological polar surface area (TPSA) is 103 Å². The van der Waals surface area contributed by atoms with Crippen LogP contribution in [0.2, 0.25) is 0 Å². The Kier molecular flexibility index (Phi) is 6.07. The summed E-state index contributed by atoms with van der Waals surface area (Å²) in [4.78, 5) is 24.3. The van der Waals surface area contributed by atoms with Gasteiger partial charge in [-0.3, -0.25) is 4.79 Å². The summed E-state index contributed by atoms with van der Waals surface area (Å²) in [6.07, 6.45) is 0.899. The first kappa shape index (κ1) is 21.0. The van der Waals surface area contributed by atoms with Crippen LogP contribution < -0.4 is 14.8 Å². The van der Waals surface area contributed by atoms with Gasteiger partial charge in [0, 0.05) is 11.3 Å². The number of methoxy groups -OCH3 is 2. The fourth-order valence-corrected chi connectivity index (χ4v) is 3.14. The van der Waals surface area contributed by atoms with E-state index in [0.717, 1.165) is 11.1 Å². The van der Waals surface area contributed by atoms with Crippen LogP contribution in [0.15, 0.2) is 70.4 Å². The number of benzene rings is 2. The van der Waals surface area contributed by atoms with Gasteiger partial charge in [-0.15, -0.1) is 0 Å². The van der Waals surface area contributed by atoms with Gasteiger partial charge in [-0.05, 0) is 48.0 Å². The van der Waals surface area contributed by atoms with Crippen molar-refractivity contribution in [3.63, 3.8) is 0 Å². The first-order valence-electron chi connectivity index (χ1n) is 9.75. The lowest BCUT2D eigenvalue weighted by Crippen LogP contribution is -2.35. The largest absolute Gasteiger partial charge is 0.493 e. The maximum absolute atomic E-state index is 12.2. The normalized spacial score (nSPS) is 13.2. The molecule has 0 bridgehead atoms. The van der Waals surface area contributed by atoms with Crippen molar-refractivity contribution in [2.24, 2.45) is 5.10 Å². The second-order valence-electron chi connectivity index (χ2n) is 6.86. The number of cyclic esters (lactones) is 1. The van der Waals surface area contributed by atoms with E-state index in [9.17, 15) is 9.59 Å². The van der Waals surface area contributed by atoms with Gasteiger partial charge in [0.1, 0.15) is 12.3 Å². The zero-order chi connectivity index (χ0) is 22.5. The summed E-state index contributed by atoms with van der Waals surface area (Å²) in [5, 5.41) is 8.46. The molecule has 9 heteroatoms. The van der Waals surface area contributed by atoms with Crippen LogP contribution in [-0.4, -0.2) is 43.5 Å². The third-order valence-electron chi connectivity index (χ3n) is 4.79. The van der Waals surface area contributed by atoms with Crippen LogP contribution in [0.1, 0.15) is 21.7 Å². The molecule has 1 aliphatic rings. The van der Waals surface area contributed by atoms with E-state index in [2.05, 4.69) is 10.4 Å². The van der Waals surface area contributed by atoms with Crippen molar-refractivity contribution in [1.29, 1.82) is 0 Å². The SMILES string of the molecule is COc1ccc(C2=NN(Cc3ccc(NC(=O)c4ccco4)cc3)C(=O)OC2)cc1OC. The fourth-order valence-electron chi connectivity index (χ4n) is 3.14. The van der Waals surface area contributed by atoms with Crippen LogP contribution in [0.25, 0.3) is 0 Å². The molecule has 0 fully saturated rings. The Morgan fingerprint density at radius 1 is 1.09 bits per heavy atom. The smallest absolute Gasteiger partial charge is 0.431 e. The summed E-state index contributed by atoms with van der Waals surface area (Å²) in [6, 6.07) is 15.7. The molecule has 2 heterocycles. The number of anilines is 1. The first-order chi connectivity index (χ1) is 15.6. The van der Waals surface area contributed by atoms with Gasteiger partial charge in [-0.2, -0.15) is 10.1 Å². The Labute approximate surface area is 184 Å². The van der Waals surface area contributed by atoms with Crippen LogP contribution >= 0.6 is 0 Å². The highest BCUT2D eigenvalue weighted by Crippen LogP contribution is 2.28. The number of hydrogen-bond donors (Lipinski definition) is 1. The van der Waals surface area contributed by atoms with Gasteiger partial charge >= 0.3 is 6.09 Å². The highest BCUT2D eigenvalue weighted by atomic mass is 16.6. The summed E-state index contributed by atoms with van der Waals surface area (Å²) in [7, 11) is 3.12. The van der Waals surface area contributed by atoms with Crippen molar-refractivity contribution >= 4 is 23.4 Å². The lowest BCUT2D eigenvalue weighted by atomic mass is 10.1. The predicted molar refractivity (Wildman–Crippen MR) is 116 cm³/mol. The highest BCUT2D eigenvalue weighted by Gasteiger charge is 2.23. The molecule has 0 unspecified atom stereocenters. The molecule has 0 aliphatic carbocycles. The molecule has 164 valence electrons. The molecule has 0 saturated heterocycles. The molecule has 2 amide bonds. The highest BCUT2D eigenvalue weighted by molar-refractivity contribution is 6.04. The van der Waals surface area contributed by atoms with Gasteiger partial charge in [-0.1, -0.05) is 12.1 Å². The van der Waals surface area contributed by atoms with E-state index >= 15 is 0 Å². The van der Waals surface area contributed by atoms with Gasteiger partial charge in [0.15, 0.2) is 17.3 Å². The average Bonchev–Trinajstić information content (AvgIpc) is 3.36. The molecule has 0 saturated carbocycles. The zero-order valence-corrected chi connectivity index (χ0v) is 17.5. The number of nitrogens with zero attached hydrogens (tertiary/aromatic N) is 2. The Hall–Kier alpha value is -4.27. The van der Waals surface area contributed by atoms with Crippen LogP contribution in [0, 0.1) is 0 Å². The maximum Gasteiger partial charge on any atom is 0.431 e. The lowest BCUT2D eigenvalue weighted by molar-refractivity contribution is 0.0996. The summed E-state index contributed by atoms with van der Waals surface area (Å²) in [5.41, 5.74) is 2.77. The molecule has 1 aromatic heterocycles. The summed E-state index contributed by atoms with van der Waals surface area (Å²) < 4.78 is 21.0. The third-order valence-corrected chi connectivity index (χ3v) is 4.79. The van der Waals surface area contributed by atoms with E-state index in [1.165, 1.54) is 11.3 Å². The number of ether oxygens (including phenoxy) is 3. The number of rotatable bonds is 7.